The average molecular weight is 271 g/mol. The molecule has 1 aromatic heterocycles. The highest BCUT2D eigenvalue weighted by atomic mass is 32.1. The number of carbonyl (C=O) groups excluding carboxylic acids is 2. The fourth-order valence-corrected chi connectivity index (χ4v) is 2.24. The Hall–Kier alpha value is -1.56. The average Bonchev–Trinajstić information content (AvgIpc) is 2.86. The molecule has 1 heterocycles. The number of esters is 1. The molecule has 0 radical (unpaired) electrons. The van der Waals surface area contributed by atoms with Crippen LogP contribution in [0, 0.1) is 0 Å². The third kappa shape index (κ3) is 4.03. The Morgan fingerprint density at radius 1 is 1.39 bits per heavy atom. The van der Waals surface area contributed by atoms with Crippen LogP contribution in [0.1, 0.15) is 22.5 Å². The molecule has 100 valence electrons. The monoisotopic (exact) mass is 271 g/mol. The quantitative estimate of drug-likeness (QED) is 0.740. The predicted octanol–water partition coefficient (Wildman–Crippen LogP) is 1.78. The van der Waals surface area contributed by atoms with Gasteiger partial charge in [0.2, 0.25) is 0 Å². The van der Waals surface area contributed by atoms with E-state index in [1.165, 1.54) is 18.4 Å². The van der Waals surface area contributed by atoms with Crippen LogP contribution in [-0.2, 0) is 9.53 Å². The van der Waals surface area contributed by atoms with E-state index in [4.69, 9.17) is 4.74 Å². The molecule has 0 unspecified atom stereocenters. The number of nitrogens with zero attached hydrogens (tertiary/aromatic N) is 1. The number of methoxy groups -OCH3 is 2. The molecule has 0 saturated heterocycles. The smallest absolute Gasteiger partial charge is 0.305 e. The predicted molar refractivity (Wildman–Crippen MR) is 69.1 cm³/mol. The number of ether oxygens (including phenoxy) is 2. The molecule has 0 fully saturated rings. The Bertz CT molecular complexity index is 416. The van der Waals surface area contributed by atoms with Gasteiger partial charge in [0.05, 0.1) is 19.1 Å². The molecule has 6 heteroatoms. The second kappa shape index (κ2) is 7.00. The first-order chi connectivity index (χ1) is 8.58. The lowest BCUT2D eigenvalue weighted by Crippen LogP contribution is -2.27. The van der Waals surface area contributed by atoms with Crippen molar-refractivity contribution in [2.45, 2.75) is 12.8 Å². The van der Waals surface area contributed by atoms with Crippen molar-refractivity contribution in [1.29, 1.82) is 0 Å². The standard InChI is InChI=1S/C12H17NO4S/c1-13(6-4-5-11(14)17-3)12(15)10-7-9(16-2)8-18-10/h7-8H,4-6H2,1-3H3. The molecule has 0 spiro atoms. The minimum atomic E-state index is -0.256. The van der Waals surface area contributed by atoms with E-state index in [2.05, 4.69) is 4.74 Å². The first kappa shape index (κ1) is 14.5. The van der Waals surface area contributed by atoms with Crippen molar-refractivity contribution in [3.8, 4) is 5.75 Å². The lowest BCUT2D eigenvalue weighted by molar-refractivity contribution is -0.140. The van der Waals surface area contributed by atoms with Gasteiger partial charge in [0.15, 0.2) is 0 Å². The number of rotatable bonds is 6. The molecule has 0 atom stereocenters. The van der Waals surface area contributed by atoms with Crippen LogP contribution < -0.4 is 4.74 Å². The summed E-state index contributed by atoms with van der Waals surface area (Å²) in [5, 5.41) is 1.79. The van der Waals surface area contributed by atoms with Crippen LogP contribution in [0.3, 0.4) is 0 Å². The van der Waals surface area contributed by atoms with Crippen molar-refractivity contribution in [3.63, 3.8) is 0 Å². The van der Waals surface area contributed by atoms with Crippen LogP contribution in [0.15, 0.2) is 11.4 Å². The molecule has 0 aliphatic carbocycles. The van der Waals surface area contributed by atoms with Gasteiger partial charge >= 0.3 is 5.97 Å². The molecule has 0 N–H and O–H groups in total. The molecular weight excluding hydrogens is 254 g/mol. The van der Waals surface area contributed by atoms with Gasteiger partial charge < -0.3 is 14.4 Å². The number of hydrogen-bond donors (Lipinski definition) is 0. The lowest BCUT2D eigenvalue weighted by Gasteiger charge is -2.15. The maximum absolute atomic E-state index is 12.0. The lowest BCUT2D eigenvalue weighted by atomic mass is 10.3. The van der Waals surface area contributed by atoms with Gasteiger partial charge in [0.1, 0.15) is 5.75 Å². The highest BCUT2D eigenvalue weighted by Crippen LogP contribution is 2.22. The van der Waals surface area contributed by atoms with Crippen molar-refractivity contribution >= 4 is 23.2 Å². The van der Waals surface area contributed by atoms with Gasteiger partial charge in [-0.25, -0.2) is 0 Å². The van der Waals surface area contributed by atoms with Crippen LogP contribution in [0.4, 0.5) is 0 Å². The summed E-state index contributed by atoms with van der Waals surface area (Å²) in [6.07, 6.45) is 0.916. The van der Waals surface area contributed by atoms with Crippen molar-refractivity contribution in [2.75, 3.05) is 27.8 Å². The van der Waals surface area contributed by atoms with Gasteiger partial charge in [0, 0.05) is 31.5 Å². The van der Waals surface area contributed by atoms with Crippen LogP contribution in [0.25, 0.3) is 0 Å². The summed E-state index contributed by atoms with van der Waals surface area (Å²) in [6, 6.07) is 1.71. The first-order valence-corrected chi connectivity index (χ1v) is 6.41. The van der Waals surface area contributed by atoms with E-state index in [9.17, 15) is 9.59 Å². The summed E-state index contributed by atoms with van der Waals surface area (Å²) >= 11 is 1.35. The van der Waals surface area contributed by atoms with Crippen LogP contribution in [0.5, 0.6) is 5.75 Å². The van der Waals surface area contributed by atoms with Gasteiger partial charge in [0.25, 0.3) is 5.91 Å². The highest BCUT2D eigenvalue weighted by molar-refractivity contribution is 7.12. The normalized spacial score (nSPS) is 9.94. The Balaban J connectivity index is 2.43. The second-order valence-corrected chi connectivity index (χ2v) is 4.67. The zero-order valence-electron chi connectivity index (χ0n) is 10.8. The van der Waals surface area contributed by atoms with Gasteiger partial charge in [-0.1, -0.05) is 0 Å². The van der Waals surface area contributed by atoms with E-state index in [0.717, 1.165) is 0 Å². The fraction of sp³-hybridized carbons (Fsp3) is 0.500. The molecule has 0 bridgehead atoms. The minimum Gasteiger partial charge on any atom is -0.496 e. The molecule has 0 aliphatic rings. The number of hydrogen-bond acceptors (Lipinski definition) is 5. The van der Waals surface area contributed by atoms with Gasteiger partial charge in [-0.15, -0.1) is 11.3 Å². The van der Waals surface area contributed by atoms with Gasteiger partial charge in [-0.3, -0.25) is 9.59 Å². The van der Waals surface area contributed by atoms with E-state index in [1.54, 1.807) is 30.5 Å². The third-order valence-corrected chi connectivity index (χ3v) is 3.37. The zero-order valence-corrected chi connectivity index (χ0v) is 11.6. The maximum atomic E-state index is 12.0. The molecule has 0 saturated carbocycles. The van der Waals surface area contributed by atoms with Crippen LogP contribution in [-0.4, -0.2) is 44.6 Å². The fourth-order valence-electron chi connectivity index (χ4n) is 1.39. The summed E-state index contributed by atoms with van der Waals surface area (Å²) in [6.45, 7) is 0.522. The molecule has 5 nitrogen and oxygen atoms in total. The van der Waals surface area contributed by atoms with Crippen molar-refractivity contribution < 1.29 is 19.1 Å². The topological polar surface area (TPSA) is 55.8 Å². The Labute approximate surface area is 110 Å². The number of thiophene rings is 1. The summed E-state index contributed by atoms with van der Waals surface area (Å²) in [4.78, 5) is 25.1. The third-order valence-electron chi connectivity index (χ3n) is 2.47. The SMILES string of the molecule is COC(=O)CCCN(C)C(=O)c1cc(OC)cs1. The minimum absolute atomic E-state index is 0.0619. The highest BCUT2D eigenvalue weighted by Gasteiger charge is 2.14. The van der Waals surface area contributed by atoms with E-state index in [1.807, 2.05) is 0 Å². The van der Waals surface area contributed by atoms with Crippen molar-refractivity contribution in [1.82, 2.24) is 4.90 Å². The summed E-state index contributed by atoms with van der Waals surface area (Å²) in [5.74, 6) is 0.369. The summed E-state index contributed by atoms with van der Waals surface area (Å²) < 4.78 is 9.57. The van der Waals surface area contributed by atoms with E-state index >= 15 is 0 Å². The molecule has 18 heavy (non-hydrogen) atoms. The largest absolute Gasteiger partial charge is 0.496 e. The molecule has 0 aliphatic heterocycles. The van der Waals surface area contributed by atoms with Crippen LogP contribution in [0.2, 0.25) is 0 Å². The van der Waals surface area contributed by atoms with E-state index in [0.29, 0.717) is 30.0 Å². The van der Waals surface area contributed by atoms with E-state index in [-0.39, 0.29) is 11.9 Å². The summed E-state index contributed by atoms with van der Waals surface area (Å²) in [7, 11) is 4.64. The van der Waals surface area contributed by atoms with Gasteiger partial charge in [-0.2, -0.15) is 0 Å². The molecule has 1 amide bonds. The maximum Gasteiger partial charge on any atom is 0.305 e. The Morgan fingerprint density at radius 3 is 2.67 bits per heavy atom. The zero-order chi connectivity index (χ0) is 13.5. The van der Waals surface area contributed by atoms with E-state index < -0.39 is 0 Å². The second-order valence-electron chi connectivity index (χ2n) is 3.76. The molecule has 0 aromatic carbocycles. The molecule has 1 rings (SSSR count). The van der Waals surface area contributed by atoms with Crippen molar-refractivity contribution in [3.05, 3.63) is 16.3 Å². The van der Waals surface area contributed by atoms with Gasteiger partial charge in [-0.05, 0) is 6.42 Å². The number of carbonyl (C=O) groups is 2. The van der Waals surface area contributed by atoms with Crippen LogP contribution >= 0.6 is 11.3 Å². The first-order valence-electron chi connectivity index (χ1n) is 5.53. The molecular formula is C12H17NO4S. The summed E-state index contributed by atoms with van der Waals surface area (Å²) in [5.41, 5.74) is 0. The Kier molecular flexibility index (Phi) is 5.64. The number of amides is 1. The molecule has 1 aromatic rings. The Morgan fingerprint density at radius 2 is 2.11 bits per heavy atom. The van der Waals surface area contributed by atoms with Crippen molar-refractivity contribution in [2.24, 2.45) is 0 Å².